The predicted octanol–water partition coefficient (Wildman–Crippen LogP) is 1.97. The van der Waals surface area contributed by atoms with E-state index in [1.165, 1.54) is 28.1 Å². The second kappa shape index (κ2) is 7.73. The summed E-state index contributed by atoms with van der Waals surface area (Å²) >= 11 is 0. The van der Waals surface area contributed by atoms with Gasteiger partial charge in [-0.05, 0) is 35.2 Å². The van der Waals surface area contributed by atoms with Crippen LogP contribution in [-0.4, -0.2) is 50.1 Å². The molecule has 0 bridgehead atoms. The molecule has 1 saturated heterocycles. The maximum absolute atomic E-state index is 12.4. The second-order valence-electron chi connectivity index (χ2n) is 6.86. The molecule has 3 rings (SSSR count). The fourth-order valence-electron chi connectivity index (χ4n) is 3.26. The van der Waals surface area contributed by atoms with E-state index in [4.69, 9.17) is 0 Å². The molecule has 2 aromatic rings. The van der Waals surface area contributed by atoms with Gasteiger partial charge in [0.1, 0.15) is 0 Å². The molecular weight excluding hydrogens is 350 g/mol. The van der Waals surface area contributed by atoms with Crippen LogP contribution in [0.1, 0.15) is 18.4 Å². The highest BCUT2D eigenvalue weighted by molar-refractivity contribution is 7.86. The van der Waals surface area contributed by atoms with Crippen LogP contribution in [0.15, 0.2) is 42.5 Å². The Bertz CT molecular complexity index is 888. The molecule has 0 spiro atoms. The molecule has 26 heavy (non-hydrogen) atoms. The van der Waals surface area contributed by atoms with Gasteiger partial charge in [0.2, 0.25) is 5.91 Å². The van der Waals surface area contributed by atoms with E-state index in [0.717, 1.165) is 10.9 Å². The van der Waals surface area contributed by atoms with Gasteiger partial charge >= 0.3 is 0 Å². The average molecular weight is 375 g/mol. The highest BCUT2D eigenvalue weighted by atomic mass is 32.2. The van der Waals surface area contributed by atoms with E-state index in [2.05, 4.69) is 29.6 Å². The van der Waals surface area contributed by atoms with Crippen LogP contribution in [0.2, 0.25) is 0 Å². The zero-order chi connectivity index (χ0) is 18.7. The lowest BCUT2D eigenvalue weighted by Gasteiger charge is -2.32. The van der Waals surface area contributed by atoms with Gasteiger partial charge in [0, 0.05) is 39.6 Å². The Morgan fingerprint density at radius 1 is 1.12 bits per heavy atom. The highest BCUT2D eigenvalue weighted by Gasteiger charge is 2.32. The number of hydrogen-bond donors (Lipinski definition) is 1. The van der Waals surface area contributed by atoms with Crippen LogP contribution in [0.4, 0.5) is 0 Å². The molecule has 0 saturated carbocycles. The van der Waals surface area contributed by atoms with Gasteiger partial charge in [-0.15, -0.1) is 0 Å². The zero-order valence-electron chi connectivity index (χ0n) is 15.2. The Balaban J connectivity index is 1.54. The molecule has 1 N–H and O–H groups in total. The molecule has 1 aliphatic rings. The van der Waals surface area contributed by atoms with Crippen molar-refractivity contribution in [2.45, 2.75) is 19.4 Å². The Kier molecular flexibility index (Phi) is 5.60. The number of hydrogen-bond acceptors (Lipinski definition) is 3. The third kappa shape index (κ3) is 4.06. The molecule has 1 fully saturated rings. The van der Waals surface area contributed by atoms with E-state index in [-0.39, 0.29) is 11.8 Å². The first-order valence-electron chi connectivity index (χ1n) is 8.81. The first kappa shape index (κ1) is 18.8. The molecule has 1 heterocycles. The quantitative estimate of drug-likeness (QED) is 0.869. The van der Waals surface area contributed by atoms with Crippen molar-refractivity contribution < 1.29 is 13.2 Å². The lowest BCUT2D eigenvalue weighted by molar-refractivity contribution is -0.126. The van der Waals surface area contributed by atoms with Gasteiger partial charge in [-0.25, -0.2) is 0 Å². The first-order valence-corrected chi connectivity index (χ1v) is 10.2. The number of nitrogens with one attached hydrogen (secondary N) is 1. The van der Waals surface area contributed by atoms with Crippen LogP contribution in [0.25, 0.3) is 10.8 Å². The van der Waals surface area contributed by atoms with E-state index in [9.17, 15) is 13.2 Å². The molecule has 7 heteroatoms. The van der Waals surface area contributed by atoms with Gasteiger partial charge in [0.05, 0.1) is 0 Å². The van der Waals surface area contributed by atoms with Crippen molar-refractivity contribution in [1.82, 2.24) is 13.9 Å². The van der Waals surface area contributed by atoms with Crippen LogP contribution in [0, 0.1) is 5.92 Å². The number of carbonyl (C=O) groups is 1. The standard InChI is InChI=1S/C19H25N3O3S/c1-21(2)26(24,25)22-11-9-17(10-12-22)19(23)20-14-15-7-8-16-5-3-4-6-18(16)13-15/h3-8,13,17H,9-12,14H2,1-2H3,(H,20,23). The van der Waals surface area contributed by atoms with Crippen molar-refractivity contribution >= 4 is 26.9 Å². The zero-order valence-corrected chi connectivity index (χ0v) is 16.0. The Labute approximate surface area is 155 Å². The van der Waals surface area contributed by atoms with Crippen LogP contribution < -0.4 is 5.32 Å². The number of nitrogens with zero attached hydrogens (tertiary/aromatic N) is 2. The summed E-state index contributed by atoms with van der Waals surface area (Å²) in [6.07, 6.45) is 1.10. The van der Waals surface area contributed by atoms with Crippen molar-refractivity contribution in [3.05, 3.63) is 48.0 Å². The summed E-state index contributed by atoms with van der Waals surface area (Å²) in [6.45, 7) is 1.25. The Hall–Kier alpha value is -1.96. The highest BCUT2D eigenvalue weighted by Crippen LogP contribution is 2.21. The molecular formula is C19H25N3O3S. The summed E-state index contributed by atoms with van der Waals surface area (Å²) in [4.78, 5) is 12.4. The average Bonchev–Trinajstić information content (AvgIpc) is 2.66. The minimum Gasteiger partial charge on any atom is -0.352 e. The van der Waals surface area contributed by atoms with Crippen LogP contribution in [0.3, 0.4) is 0 Å². The van der Waals surface area contributed by atoms with Crippen molar-refractivity contribution in [2.24, 2.45) is 5.92 Å². The normalized spacial score (nSPS) is 16.9. The first-order chi connectivity index (χ1) is 12.4. The number of carbonyl (C=O) groups excluding carboxylic acids is 1. The molecule has 0 aliphatic carbocycles. The van der Waals surface area contributed by atoms with Crippen molar-refractivity contribution in [3.63, 3.8) is 0 Å². The summed E-state index contributed by atoms with van der Waals surface area (Å²) in [6, 6.07) is 14.3. The Morgan fingerprint density at radius 2 is 1.77 bits per heavy atom. The lowest BCUT2D eigenvalue weighted by Crippen LogP contribution is -2.46. The topological polar surface area (TPSA) is 69.7 Å². The Morgan fingerprint density at radius 3 is 2.42 bits per heavy atom. The molecule has 0 aromatic heterocycles. The number of fused-ring (bicyclic) bond motifs is 1. The second-order valence-corrected chi connectivity index (χ2v) is 9.01. The summed E-state index contributed by atoms with van der Waals surface area (Å²) in [7, 11) is -0.339. The largest absolute Gasteiger partial charge is 0.352 e. The third-order valence-electron chi connectivity index (χ3n) is 4.89. The minimum absolute atomic E-state index is 0.0000552. The fraction of sp³-hybridized carbons (Fsp3) is 0.421. The van der Waals surface area contributed by atoms with E-state index >= 15 is 0 Å². The van der Waals surface area contributed by atoms with Gasteiger partial charge in [-0.2, -0.15) is 17.0 Å². The molecule has 1 aliphatic heterocycles. The maximum Gasteiger partial charge on any atom is 0.281 e. The molecule has 0 unspecified atom stereocenters. The van der Waals surface area contributed by atoms with Crippen molar-refractivity contribution in [1.29, 1.82) is 0 Å². The monoisotopic (exact) mass is 375 g/mol. The van der Waals surface area contributed by atoms with E-state index in [0.29, 0.717) is 32.5 Å². The molecule has 140 valence electrons. The van der Waals surface area contributed by atoms with Crippen LogP contribution in [0.5, 0.6) is 0 Å². The molecule has 0 atom stereocenters. The number of rotatable bonds is 5. The smallest absolute Gasteiger partial charge is 0.281 e. The van der Waals surface area contributed by atoms with E-state index in [1.54, 1.807) is 0 Å². The van der Waals surface area contributed by atoms with E-state index < -0.39 is 10.2 Å². The van der Waals surface area contributed by atoms with Gasteiger partial charge in [-0.1, -0.05) is 36.4 Å². The van der Waals surface area contributed by atoms with E-state index in [1.807, 2.05) is 18.2 Å². The predicted molar refractivity (Wildman–Crippen MR) is 103 cm³/mol. The molecule has 2 aromatic carbocycles. The van der Waals surface area contributed by atoms with Gasteiger partial charge in [-0.3, -0.25) is 4.79 Å². The summed E-state index contributed by atoms with van der Waals surface area (Å²) < 4.78 is 26.9. The van der Waals surface area contributed by atoms with Crippen molar-refractivity contribution in [2.75, 3.05) is 27.2 Å². The van der Waals surface area contributed by atoms with Crippen LogP contribution >= 0.6 is 0 Å². The molecule has 0 radical (unpaired) electrons. The summed E-state index contributed by atoms with van der Waals surface area (Å²) in [5.74, 6) is -0.135. The number of piperidine rings is 1. The van der Waals surface area contributed by atoms with Crippen LogP contribution in [-0.2, 0) is 21.5 Å². The van der Waals surface area contributed by atoms with Gasteiger partial charge in [0.25, 0.3) is 10.2 Å². The summed E-state index contributed by atoms with van der Waals surface area (Å²) in [5.41, 5.74) is 1.06. The van der Waals surface area contributed by atoms with Crippen molar-refractivity contribution in [3.8, 4) is 0 Å². The summed E-state index contributed by atoms with van der Waals surface area (Å²) in [5, 5.41) is 5.32. The number of benzene rings is 2. The molecule has 6 nitrogen and oxygen atoms in total. The maximum atomic E-state index is 12.4. The number of amides is 1. The molecule has 1 amide bonds. The third-order valence-corrected chi connectivity index (χ3v) is 6.83. The fourth-order valence-corrected chi connectivity index (χ4v) is 4.40. The van der Waals surface area contributed by atoms with Gasteiger partial charge < -0.3 is 5.32 Å². The SMILES string of the molecule is CN(C)S(=O)(=O)N1CCC(C(=O)NCc2ccc3ccccc3c2)CC1. The lowest BCUT2D eigenvalue weighted by atomic mass is 9.97. The minimum atomic E-state index is -3.39. The van der Waals surface area contributed by atoms with Gasteiger partial charge in [0.15, 0.2) is 0 Å².